The van der Waals surface area contributed by atoms with Crippen LogP contribution in [0.15, 0.2) is 33.2 Å². The number of nitrogen functional groups attached to an aromatic ring is 1. The van der Waals surface area contributed by atoms with Gasteiger partial charge < -0.3 is 15.5 Å². The van der Waals surface area contributed by atoms with E-state index < -0.39 is 0 Å². The van der Waals surface area contributed by atoms with Gasteiger partial charge in [0.15, 0.2) is 0 Å². The minimum absolute atomic E-state index is 0.0459. The van der Waals surface area contributed by atoms with Gasteiger partial charge in [-0.2, -0.15) is 0 Å². The van der Waals surface area contributed by atoms with Crippen LogP contribution < -0.4 is 11.1 Å². The Morgan fingerprint density at radius 1 is 1.21 bits per heavy atom. The lowest BCUT2D eigenvalue weighted by Gasteiger charge is -1.99. The first-order valence-electron chi connectivity index (χ1n) is 3.85. The number of nitrogens with two attached hydrogens (primary N) is 1. The van der Waals surface area contributed by atoms with Crippen molar-refractivity contribution in [3.05, 3.63) is 28.7 Å². The molecule has 0 amide bonds. The van der Waals surface area contributed by atoms with Crippen LogP contribution in [-0.4, -0.2) is 10.2 Å². The molecule has 2 rings (SSSR count). The molecule has 0 aliphatic rings. The van der Waals surface area contributed by atoms with Gasteiger partial charge in [0.2, 0.25) is 0 Å². The molecule has 0 aliphatic carbocycles. The third-order valence-corrected chi connectivity index (χ3v) is 2.06. The highest BCUT2D eigenvalue weighted by atomic mass is 79.9. The van der Waals surface area contributed by atoms with Crippen LogP contribution in [0.3, 0.4) is 0 Å². The number of nitrogens with one attached hydrogen (secondary N) is 1. The Balaban J connectivity index is 2.15. The quantitative estimate of drug-likeness (QED) is 0.859. The predicted octanol–water partition coefficient (Wildman–Crippen LogP) is 2.16. The first-order chi connectivity index (χ1) is 6.74. The van der Waals surface area contributed by atoms with Crippen molar-refractivity contribution < 1.29 is 4.42 Å². The molecule has 1 aromatic heterocycles. The van der Waals surface area contributed by atoms with Crippen molar-refractivity contribution in [2.24, 2.45) is 0 Å². The van der Waals surface area contributed by atoms with Crippen LogP contribution in [0.25, 0.3) is 0 Å². The zero-order chi connectivity index (χ0) is 9.97. The van der Waals surface area contributed by atoms with Gasteiger partial charge in [0, 0.05) is 10.2 Å². The molecule has 0 saturated heterocycles. The van der Waals surface area contributed by atoms with Gasteiger partial charge in [0.05, 0.1) is 0 Å². The van der Waals surface area contributed by atoms with E-state index >= 15 is 0 Å². The molecule has 3 N–H and O–H groups in total. The van der Waals surface area contributed by atoms with Crippen molar-refractivity contribution in [2.75, 3.05) is 11.1 Å². The second-order valence-corrected chi connectivity index (χ2v) is 3.49. The van der Waals surface area contributed by atoms with Crippen LogP contribution in [0, 0.1) is 0 Å². The summed E-state index contributed by atoms with van der Waals surface area (Å²) >= 11 is 3.34. The molecular formula is C8H7BrN4O. The van der Waals surface area contributed by atoms with E-state index in [2.05, 4.69) is 31.4 Å². The Bertz CT molecular complexity index is 425. The highest BCUT2D eigenvalue weighted by Gasteiger charge is 2.01. The second-order valence-electron chi connectivity index (χ2n) is 2.58. The molecule has 2 aromatic rings. The topological polar surface area (TPSA) is 77.0 Å². The Kier molecular flexibility index (Phi) is 2.36. The number of benzene rings is 1. The second kappa shape index (κ2) is 3.67. The molecule has 0 aliphatic heterocycles. The maximum atomic E-state index is 5.27. The molecule has 1 heterocycles. The number of hydrogen-bond acceptors (Lipinski definition) is 5. The van der Waals surface area contributed by atoms with Crippen LogP contribution in [-0.2, 0) is 0 Å². The smallest absolute Gasteiger partial charge is 0.321 e. The summed E-state index contributed by atoms with van der Waals surface area (Å²) in [6.07, 6.45) is 0. The summed E-state index contributed by atoms with van der Waals surface area (Å²) in [6, 6.07) is 7.90. The van der Waals surface area contributed by atoms with Crippen molar-refractivity contribution >= 4 is 33.6 Å². The molecule has 14 heavy (non-hydrogen) atoms. The van der Waals surface area contributed by atoms with Crippen molar-refractivity contribution in [3.8, 4) is 0 Å². The standard InChI is InChI=1S/C8H7BrN4O/c9-5-1-3-6(4-2-5)11-8-13-12-7(10)14-8/h1-4H,(H2,10,12)(H,11,13). The monoisotopic (exact) mass is 254 g/mol. The Morgan fingerprint density at radius 3 is 2.50 bits per heavy atom. The van der Waals surface area contributed by atoms with Crippen LogP contribution in [0.5, 0.6) is 0 Å². The number of halogens is 1. The van der Waals surface area contributed by atoms with Crippen molar-refractivity contribution in [3.63, 3.8) is 0 Å². The molecule has 72 valence electrons. The number of nitrogens with zero attached hydrogens (tertiary/aromatic N) is 2. The molecule has 0 spiro atoms. The van der Waals surface area contributed by atoms with Crippen molar-refractivity contribution in [1.82, 2.24) is 10.2 Å². The first kappa shape index (κ1) is 9.01. The summed E-state index contributed by atoms with van der Waals surface area (Å²) in [5.41, 5.74) is 6.13. The van der Waals surface area contributed by atoms with E-state index in [1.165, 1.54) is 0 Å². The van der Waals surface area contributed by atoms with Gasteiger partial charge in [-0.15, -0.1) is 0 Å². The van der Waals surface area contributed by atoms with E-state index in [9.17, 15) is 0 Å². The Morgan fingerprint density at radius 2 is 1.93 bits per heavy atom. The molecule has 6 heteroatoms. The molecule has 0 bridgehead atoms. The third-order valence-electron chi connectivity index (χ3n) is 1.54. The summed E-state index contributed by atoms with van der Waals surface area (Å²) in [5.74, 6) is 0. The molecule has 5 nitrogen and oxygen atoms in total. The van der Waals surface area contributed by atoms with Crippen molar-refractivity contribution in [1.29, 1.82) is 0 Å². The maximum Gasteiger partial charge on any atom is 0.321 e. The lowest BCUT2D eigenvalue weighted by Crippen LogP contribution is -1.89. The van der Waals surface area contributed by atoms with Crippen molar-refractivity contribution in [2.45, 2.75) is 0 Å². The minimum atomic E-state index is 0.0459. The Hall–Kier alpha value is -1.56. The van der Waals surface area contributed by atoms with E-state index in [0.29, 0.717) is 0 Å². The SMILES string of the molecule is Nc1nnc(Nc2ccc(Br)cc2)o1. The fourth-order valence-corrected chi connectivity index (χ4v) is 1.21. The summed E-state index contributed by atoms with van der Waals surface area (Å²) in [7, 11) is 0. The number of anilines is 3. The van der Waals surface area contributed by atoms with Gasteiger partial charge in [-0.05, 0) is 24.3 Å². The average Bonchev–Trinajstić information content (AvgIpc) is 2.56. The van der Waals surface area contributed by atoms with E-state index in [0.717, 1.165) is 10.2 Å². The molecular weight excluding hydrogens is 248 g/mol. The zero-order valence-corrected chi connectivity index (χ0v) is 8.65. The summed E-state index contributed by atoms with van der Waals surface area (Å²) in [5, 5.41) is 10.1. The first-order valence-corrected chi connectivity index (χ1v) is 4.65. The van der Waals surface area contributed by atoms with E-state index in [-0.39, 0.29) is 12.0 Å². The van der Waals surface area contributed by atoms with Crippen LogP contribution in [0.2, 0.25) is 0 Å². The van der Waals surface area contributed by atoms with Gasteiger partial charge in [-0.1, -0.05) is 26.1 Å². The van der Waals surface area contributed by atoms with E-state index in [4.69, 9.17) is 10.2 Å². The van der Waals surface area contributed by atoms with Crippen LogP contribution >= 0.6 is 15.9 Å². The molecule has 0 unspecified atom stereocenters. The fraction of sp³-hybridized carbons (Fsp3) is 0. The van der Waals surface area contributed by atoms with E-state index in [1.807, 2.05) is 24.3 Å². The predicted molar refractivity (Wildman–Crippen MR) is 56.1 cm³/mol. The largest absolute Gasteiger partial charge is 0.389 e. The zero-order valence-electron chi connectivity index (χ0n) is 7.07. The molecule has 0 saturated carbocycles. The summed E-state index contributed by atoms with van der Waals surface area (Å²) < 4.78 is 5.96. The van der Waals surface area contributed by atoms with Gasteiger partial charge in [-0.25, -0.2) is 0 Å². The molecule has 0 fully saturated rings. The lowest BCUT2D eigenvalue weighted by molar-refractivity contribution is 0.593. The Labute approximate surface area is 88.4 Å². The summed E-state index contributed by atoms with van der Waals surface area (Å²) in [4.78, 5) is 0. The fourth-order valence-electron chi connectivity index (χ4n) is 0.942. The molecule has 1 aromatic carbocycles. The average molecular weight is 255 g/mol. The highest BCUT2D eigenvalue weighted by molar-refractivity contribution is 9.10. The van der Waals surface area contributed by atoms with Gasteiger partial charge in [0.25, 0.3) is 0 Å². The van der Waals surface area contributed by atoms with Crippen LogP contribution in [0.1, 0.15) is 0 Å². The number of rotatable bonds is 2. The van der Waals surface area contributed by atoms with Crippen LogP contribution in [0.4, 0.5) is 17.7 Å². The maximum absolute atomic E-state index is 5.27. The molecule has 0 atom stereocenters. The normalized spacial score (nSPS) is 10.1. The van der Waals surface area contributed by atoms with Gasteiger partial charge in [0.1, 0.15) is 0 Å². The number of aromatic nitrogens is 2. The number of hydrogen-bond donors (Lipinski definition) is 2. The van der Waals surface area contributed by atoms with Gasteiger partial charge in [-0.3, -0.25) is 0 Å². The summed E-state index contributed by atoms with van der Waals surface area (Å²) in [6.45, 7) is 0. The minimum Gasteiger partial charge on any atom is -0.389 e. The van der Waals surface area contributed by atoms with E-state index in [1.54, 1.807) is 0 Å². The van der Waals surface area contributed by atoms with Gasteiger partial charge >= 0.3 is 12.0 Å². The highest BCUT2D eigenvalue weighted by Crippen LogP contribution is 2.18. The lowest BCUT2D eigenvalue weighted by atomic mass is 10.3. The third kappa shape index (κ3) is 2.02. The molecule has 0 radical (unpaired) electrons.